The molecular weight excluding hydrogens is 370 g/mol. The molecule has 2 aromatic carbocycles. The summed E-state index contributed by atoms with van der Waals surface area (Å²) in [6.07, 6.45) is 1.70. The summed E-state index contributed by atoms with van der Waals surface area (Å²) >= 11 is 1.76. The minimum absolute atomic E-state index is 0.149. The van der Waals surface area contributed by atoms with Gasteiger partial charge in [-0.2, -0.15) is 0 Å². The number of H-pyrrole nitrogens is 1. The zero-order chi connectivity index (χ0) is 19.5. The maximum Gasteiger partial charge on any atom is 0.144 e. The van der Waals surface area contributed by atoms with Crippen molar-refractivity contribution in [3.8, 4) is 5.75 Å². The number of likely N-dealkylation sites (tertiary alicyclic amines) is 1. The van der Waals surface area contributed by atoms with E-state index in [1.807, 2.05) is 36.4 Å². The number of nitrogens with one attached hydrogen (secondary N) is 1. The number of hydrogen-bond donors (Lipinski definition) is 2. The van der Waals surface area contributed by atoms with E-state index in [-0.39, 0.29) is 11.9 Å². The monoisotopic (exact) mass is 397 g/mol. The van der Waals surface area contributed by atoms with Crippen molar-refractivity contribution in [2.45, 2.75) is 36.9 Å². The molecule has 0 spiro atoms. The van der Waals surface area contributed by atoms with Crippen LogP contribution in [0.3, 0.4) is 0 Å². The van der Waals surface area contributed by atoms with E-state index in [0.29, 0.717) is 0 Å². The number of rotatable bonds is 6. The van der Waals surface area contributed by atoms with Crippen LogP contribution in [0.5, 0.6) is 5.75 Å². The first-order valence-electron chi connectivity index (χ1n) is 9.88. The molecule has 0 aliphatic carbocycles. The number of ether oxygens (including phenoxy) is 1. The fourth-order valence-corrected chi connectivity index (χ4v) is 4.40. The van der Waals surface area contributed by atoms with Crippen LogP contribution in [0.25, 0.3) is 11.0 Å². The van der Waals surface area contributed by atoms with Gasteiger partial charge in [-0.05, 0) is 56.0 Å². The number of hydrogen-bond acceptors (Lipinski definition) is 5. The maximum absolute atomic E-state index is 10.6. The number of thioether (sulfide) groups is 1. The van der Waals surface area contributed by atoms with Crippen molar-refractivity contribution in [1.29, 1.82) is 0 Å². The van der Waals surface area contributed by atoms with Gasteiger partial charge in [0.15, 0.2) is 0 Å². The van der Waals surface area contributed by atoms with E-state index in [1.54, 1.807) is 17.8 Å². The summed E-state index contributed by atoms with van der Waals surface area (Å²) in [6, 6.07) is 13.7. The summed E-state index contributed by atoms with van der Waals surface area (Å²) in [5, 5.41) is 10.6. The Morgan fingerprint density at radius 2 is 2.04 bits per heavy atom. The Bertz CT molecular complexity index is 901. The quantitative estimate of drug-likeness (QED) is 0.596. The lowest BCUT2D eigenvalue weighted by molar-refractivity contribution is -0.0272. The van der Waals surface area contributed by atoms with E-state index in [9.17, 15) is 5.11 Å². The zero-order valence-electron chi connectivity index (χ0n) is 16.4. The van der Waals surface area contributed by atoms with Crippen LogP contribution in [0.15, 0.2) is 47.4 Å². The number of piperidine rings is 1. The van der Waals surface area contributed by atoms with Gasteiger partial charge in [-0.15, -0.1) is 11.8 Å². The van der Waals surface area contributed by atoms with Crippen molar-refractivity contribution in [2.24, 2.45) is 0 Å². The highest BCUT2D eigenvalue weighted by Gasteiger charge is 2.28. The highest BCUT2D eigenvalue weighted by Crippen LogP contribution is 2.36. The first-order chi connectivity index (χ1) is 13.6. The Morgan fingerprint density at radius 1 is 1.25 bits per heavy atom. The predicted octanol–water partition coefficient (Wildman–Crippen LogP) is 4.58. The molecule has 1 unspecified atom stereocenters. The van der Waals surface area contributed by atoms with Crippen molar-refractivity contribution >= 4 is 22.8 Å². The van der Waals surface area contributed by atoms with E-state index < -0.39 is 6.10 Å². The Labute approximate surface area is 170 Å². The summed E-state index contributed by atoms with van der Waals surface area (Å²) in [7, 11) is 2.14. The Hall–Kier alpha value is -2.02. The SMILES string of the molecule is CCSc1ccc(O)c(C(OC2CCN(C)CC2)c2nc3ccccc3[nH]2)c1. The second-order valence-electron chi connectivity index (χ2n) is 7.31. The number of fused-ring (bicyclic) bond motifs is 1. The van der Waals surface area contributed by atoms with Gasteiger partial charge in [-0.3, -0.25) is 0 Å². The van der Waals surface area contributed by atoms with Crippen LogP contribution in [0, 0.1) is 0 Å². The lowest BCUT2D eigenvalue weighted by Crippen LogP contribution is -2.35. The van der Waals surface area contributed by atoms with Gasteiger partial charge in [-0.25, -0.2) is 4.98 Å². The summed E-state index contributed by atoms with van der Waals surface area (Å²) in [6.45, 7) is 4.17. The molecule has 6 heteroatoms. The number of benzene rings is 2. The molecule has 2 N–H and O–H groups in total. The van der Waals surface area contributed by atoms with Gasteiger partial charge in [0.25, 0.3) is 0 Å². The van der Waals surface area contributed by atoms with Crippen molar-refractivity contribution in [1.82, 2.24) is 14.9 Å². The van der Waals surface area contributed by atoms with Crippen LogP contribution in [0.1, 0.15) is 37.3 Å². The molecule has 1 fully saturated rings. The van der Waals surface area contributed by atoms with Crippen LogP contribution in [-0.2, 0) is 4.74 Å². The Balaban J connectivity index is 1.71. The van der Waals surface area contributed by atoms with Crippen LogP contribution < -0.4 is 0 Å². The molecular formula is C22H27N3O2S. The Morgan fingerprint density at radius 3 is 2.79 bits per heavy atom. The third kappa shape index (κ3) is 4.19. The minimum atomic E-state index is -0.418. The average molecular weight is 398 g/mol. The lowest BCUT2D eigenvalue weighted by atomic mass is 10.0. The van der Waals surface area contributed by atoms with Crippen LogP contribution in [0.4, 0.5) is 0 Å². The van der Waals surface area contributed by atoms with E-state index >= 15 is 0 Å². The molecule has 3 aromatic rings. The van der Waals surface area contributed by atoms with E-state index in [0.717, 1.165) is 59.0 Å². The predicted molar refractivity (Wildman–Crippen MR) is 114 cm³/mol. The highest BCUT2D eigenvalue weighted by molar-refractivity contribution is 7.99. The van der Waals surface area contributed by atoms with Gasteiger partial charge >= 0.3 is 0 Å². The van der Waals surface area contributed by atoms with Crippen molar-refractivity contribution in [2.75, 3.05) is 25.9 Å². The molecule has 2 heterocycles. The van der Waals surface area contributed by atoms with Crippen molar-refractivity contribution in [3.63, 3.8) is 0 Å². The second kappa shape index (κ2) is 8.55. The van der Waals surface area contributed by atoms with Gasteiger partial charge < -0.3 is 19.7 Å². The third-order valence-corrected chi connectivity index (χ3v) is 6.12. The van der Waals surface area contributed by atoms with Gasteiger partial charge in [0.2, 0.25) is 0 Å². The molecule has 28 heavy (non-hydrogen) atoms. The van der Waals surface area contributed by atoms with Crippen LogP contribution in [0.2, 0.25) is 0 Å². The average Bonchev–Trinajstić information content (AvgIpc) is 3.13. The first kappa shape index (κ1) is 19.3. The molecule has 5 nitrogen and oxygen atoms in total. The number of aromatic nitrogens is 2. The fourth-order valence-electron chi connectivity index (χ4n) is 3.69. The largest absolute Gasteiger partial charge is 0.508 e. The molecule has 4 rings (SSSR count). The molecule has 1 aliphatic heterocycles. The molecule has 0 bridgehead atoms. The summed E-state index contributed by atoms with van der Waals surface area (Å²) in [4.78, 5) is 11.6. The summed E-state index contributed by atoms with van der Waals surface area (Å²) < 4.78 is 6.57. The van der Waals surface area contributed by atoms with Crippen LogP contribution in [-0.4, -0.2) is 52.0 Å². The van der Waals surface area contributed by atoms with Gasteiger partial charge in [0.05, 0.1) is 17.1 Å². The zero-order valence-corrected chi connectivity index (χ0v) is 17.2. The number of imidazole rings is 1. The maximum atomic E-state index is 10.6. The number of para-hydroxylation sites is 2. The normalized spacial score (nSPS) is 17.2. The van der Waals surface area contributed by atoms with Crippen molar-refractivity contribution < 1.29 is 9.84 Å². The summed E-state index contributed by atoms with van der Waals surface area (Å²) in [5.41, 5.74) is 2.66. The fraction of sp³-hybridized carbons (Fsp3) is 0.409. The molecule has 1 aliphatic rings. The second-order valence-corrected chi connectivity index (χ2v) is 8.65. The number of aromatic hydroxyl groups is 1. The molecule has 1 atom stereocenters. The van der Waals surface area contributed by atoms with E-state index in [1.165, 1.54) is 0 Å². The Kier molecular flexibility index (Phi) is 5.90. The lowest BCUT2D eigenvalue weighted by Gasteiger charge is -2.31. The molecule has 0 amide bonds. The van der Waals surface area contributed by atoms with Gasteiger partial charge in [0, 0.05) is 23.5 Å². The number of phenolic OH excluding ortho intramolecular Hbond substituents is 1. The van der Waals surface area contributed by atoms with Crippen LogP contribution >= 0.6 is 11.8 Å². The first-order valence-corrected chi connectivity index (χ1v) is 10.9. The number of aromatic amines is 1. The van der Waals surface area contributed by atoms with Gasteiger partial charge in [0.1, 0.15) is 17.7 Å². The third-order valence-electron chi connectivity index (χ3n) is 5.24. The number of phenols is 1. The van der Waals surface area contributed by atoms with E-state index in [4.69, 9.17) is 9.72 Å². The van der Waals surface area contributed by atoms with Gasteiger partial charge in [-0.1, -0.05) is 19.1 Å². The van der Waals surface area contributed by atoms with Crippen molar-refractivity contribution in [3.05, 3.63) is 53.9 Å². The summed E-state index contributed by atoms with van der Waals surface area (Å²) in [5.74, 6) is 1.97. The minimum Gasteiger partial charge on any atom is -0.508 e. The molecule has 1 aromatic heterocycles. The molecule has 1 saturated heterocycles. The molecule has 0 radical (unpaired) electrons. The molecule has 148 valence electrons. The standard InChI is InChI=1S/C22H27N3O2S/c1-3-28-16-8-9-20(26)17(14-16)21(27-15-10-12-25(2)13-11-15)22-23-18-6-4-5-7-19(18)24-22/h4-9,14-15,21,26H,3,10-13H2,1-2H3,(H,23,24). The molecule has 0 saturated carbocycles. The number of nitrogens with zero attached hydrogens (tertiary/aromatic N) is 2. The topological polar surface area (TPSA) is 61.4 Å². The van der Waals surface area contributed by atoms with E-state index in [2.05, 4.69) is 23.9 Å². The smallest absolute Gasteiger partial charge is 0.144 e. The highest BCUT2D eigenvalue weighted by atomic mass is 32.2.